The topological polar surface area (TPSA) is 96.3 Å². The minimum atomic E-state index is -0.906. The fourth-order valence-electron chi connectivity index (χ4n) is 4.59. The van der Waals surface area contributed by atoms with Crippen molar-refractivity contribution in [3.05, 3.63) is 70.8 Å². The van der Waals surface area contributed by atoms with Crippen molar-refractivity contribution >= 4 is 11.8 Å². The summed E-state index contributed by atoms with van der Waals surface area (Å²) in [6.07, 6.45) is 3.44. The zero-order valence-corrected chi connectivity index (χ0v) is 20.9. The minimum Gasteiger partial charge on any atom is -0.491 e. The monoisotopic (exact) mass is 481 g/mol. The van der Waals surface area contributed by atoms with Crippen LogP contribution in [0.1, 0.15) is 48.9 Å². The Hall–Kier alpha value is -3.16. The molecule has 35 heavy (non-hydrogen) atoms. The van der Waals surface area contributed by atoms with Crippen LogP contribution in [-0.2, 0) is 15.0 Å². The van der Waals surface area contributed by atoms with Crippen molar-refractivity contribution in [3.8, 4) is 11.5 Å². The van der Waals surface area contributed by atoms with Gasteiger partial charge in [0.1, 0.15) is 30.8 Å². The number of carbonyl (C=O) groups excluding carboxylic acids is 2. The molecule has 0 saturated heterocycles. The normalized spacial score (nSPS) is 14.5. The molecule has 2 N–H and O–H groups in total. The molecule has 2 aromatic carbocycles. The highest BCUT2D eigenvalue weighted by molar-refractivity contribution is 6.12. The maximum absolute atomic E-state index is 11.7. The van der Waals surface area contributed by atoms with Crippen molar-refractivity contribution < 1.29 is 29.3 Å². The number of benzene rings is 2. The third kappa shape index (κ3) is 5.74. The van der Waals surface area contributed by atoms with Crippen molar-refractivity contribution in [2.24, 2.45) is 0 Å². The van der Waals surface area contributed by atoms with Gasteiger partial charge >= 0.3 is 0 Å². The molecular formula is C28H35NO6. The molecule has 2 amide bonds. The second-order valence-electron chi connectivity index (χ2n) is 8.91. The van der Waals surface area contributed by atoms with Crippen LogP contribution in [0.15, 0.2) is 48.6 Å². The molecule has 1 unspecified atom stereocenters. The van der Waals surface area contributed by atoms with Crippen molar-refractivity contribution in [2.45, 2.75) is 52.1 Å². The van der Waals surface area contributed by atoms with E-state index in [0.717, 1.165) is 29.7 Å². The molecule has 0 fully saturated rings. The van der Waals surface area contributed by atoms with Crippen LogP contribution < -0.4 is 9.47 Å². The Kier molecular flexibility index (Phi) is 8.70. The number of imide groups is 1. The number of hydrogen-bond donors (Lipinski definition) is 2. The van der Waals surface area contributed by atoms with Crippen LogP contribution in [0.4, 0.5) is 0 Å². The quantitative estimate of drug-likeness (QED) is 0.451. The number of carbonyl (C=O) groups is 2. The Morgan fingerprint density at radius 1 is 0.886 bits per heavy atom. The second-order valence-corrected chi connectivity index (χ2v) is 8.91. The first kappa shape index (κ1) is 26.4. The largest absolute Gasteiger partial charge is 0.491 e. The van der Waals surface area contributed by atoms with Gasteiger partial charge in [-0.15, -0.1) is 0 Å². The summed E-state index contributed by atoms with van der Waals surface area (Å²) in [6.45, 7) is 8.49. The van der Waals surface area contributed by atoms with Crippen LogP contribution in [-0.4, -0.2) is 59.4 Å². The van der Waals surface area contributed by atoms with E-state index < -0.39 is 6.10 Å². The fraction of sp³-hybridized carbons (Fsp3) is 0.429. The number of hydrogen-bond acceptors (Lipinski definition) is 6. The molecule has 0 aliphatic carbocycles. The van der Waals surface area contributed by atoms with Crippen LogP contribution in [0, 0.1) is 13.8 Å². The summed E-state index contributed by atoms with van der Waals surface area (Å²) in [5, 5.41) is 18.6. The van der Waals surface area contributed by atoms with Gasteiger partial charge in [-0.25, -0.2) is 0 Å². The van der Waals surface area contributed by atoms with E-state index in [9.17, 15) is 14.7 Å². The highest BCUT2D eigenvalue weighted by atomic mass is 16.5. The van der Waals surface area contributed by atoms with Crippen molar-refractivity contribution in [1.29, 1.82) is 0 Å². The Balaban J connectivity index is 1.77. The Morgan fingerprint density at radius 3 is 1.86 bits per heavy atom. The van der Waals surface area contributed by atoms with E-state index in [1.165, 1.54) is 28.2 Å². The molecule has 1 atom stereocenters. The molecule has 3 rings (SSSR count). The molecule has 7 heteroatoms. The lowest BCUT2D eigenvalue weighted by Crippen LogP contribution is -2.33. The molecule has 0 saturated carbocycles. The summed E-state index contributed by atoms with van der Waals surface area (Å²) < 4.78 is 11.6. The highest BCUT2D eigenvalue weighted by Crippen LogP contribution is 2.41. The van der Waals surface area contributed by atoms with Crippen molar-refractivity contribution in [1.82, 2.24) is 4.90 Å². The Morgan fingerprint density at radius 2 is 1.40 bits per heavy atom. The summed E-state index contributed by atoms with van der Waals surface area (Å²) in [4.78, 5) is 24.6. The zero-order chi connectivity index (χ0) is 25.6. The van der Waals surface area contributed by atoms with E-state index in [0.29, 0.717) is 5.75 Å². The summed E-state index contributed by atoms with van der Waals surface area (Å²) >= 11 is 0. The lowest BCUT2D eigenvalue weighted by Gasteiger charge is -2.34. The van der Waals surface area contributed by atoms with Gasteiger partial charge in [-0.3, -0.25) is 14.5 Å². The van der Waals surface area contributed by atoms with Gasteiger partial charge in [-0.05, 0) is 61.1 Å². The molecule has 2 aromatic rings. The predicted octanol–water partition coefficient (Wildman–Crippen LogP) is 3.45. The van der Waals surface area contributed by atoms with E-state index in [-0.39, 0.29) is 43.6 Å². The van der Waals surface area contributed by atoms with Crippen LogP contribution in [0.3, 0.4) is 0 Å². The Labute approximate surface area is 207 Å². The first-order valence-corrected chi connectivity index (χ1v) is 12.1. The van der Waals surface area contributed by atoms with E-state index in [2.05, 4.69) is 38.1 Å². The van der Waals surface area contributed by atoms with E-state index >= 15 is 0 Å². The number of aryl methyl sites for hydroxylation is 2. The molecule has 1 aliphatic heterocycles. The predicted molar refractivity (Wildman–Crippen MR) is 134 cm³/mol. The van der Waals surface area contributed by atoms with Gasteiger partial charge in [-0.2, -0.15) is 0 Å². The van der Waals surface area contributed by atoms with Gasteiger partial charge in [0.25, 0.3) is 11.8 Å². The van der Waals surface area contributed by atoms with Crippen LogP contribution in [0.5, 0.6) is 11.5 Å². The maximum atomic E-state index is 11.7. The number of nitrogens with zero attached hydrogens (tertiary/aromatic N) is 1. The lowest BCUT2D eigenvalue weighted by molar-refractivity contribution is -0.137. The molecule has 0 spiro atoms. The van der Waals surface area contributed by atoms with Gasteiger partial charge in [0.15, 0.2) is 0 Å². The van der Waals surface area contributed by atoms with Gasteiger partial charge in [0.05, 0.1) is 13.2 Å². The van der Waals surface area contributed by atoms with E-state index in [1.54, 1.807) is 0 Å². The molecule has 188 valence electrons. The van der Waals surface area contributed by atoms with Crippen LogP contribution >= 0.6 is 0 Å². The third-order valence-corrected chi connectivity index (χ3v) is 6.78. The molecule has 7 nitrogen and oxygen atoms in total. The number of aliphatic hydroxyl groups excluding tert-OH is 2. The number of aliphatic hydroxyl groups is 2. The smallest absolute Gasteiger partial charge is 0.253 e. The molecule has 1 heterocycles. The maximum Gasteiger partial charge on any atom is 0.253 e. The van der Waals surface area contributed by atoms with E-state index in [4.69, 9.17) is 14.6 Å². The van der Waals surface area contributed by atoms with Crippen LogP contribution in [0.2, 0.25) is 0 Å². The number of amides is 2. The summed E-state index contributed by atoms with van der Waals surface area (Å²) in [7, 11) is 0. The molecular weight excluding hydrogens is 446 g/mol. The molecule has 0 aromatic heterocycles. The number of ether oxygens (including phenoxy) is 2. The van der Waals surface area contributed by atoms with Gasteiger partial charge in [-0.1, -0.05) is 38.1 Å². The summed E-state index contributed by atoms with van der Waals surface area (Å²) in [6, 6.07) is 12.3. The van der Waals surface area contributed by atoms with Crippen molar-refractivity contribution in [3.63, 3.8) is 0 Å². The average Bonchev–Trinajstić information content (AvgIpc) is 3.17. The molecule has 0 bridgehead atoms. The fourth-order valence-corrected chi connectivity index (χ4v) is 4.59. The summed E-state index contributed by atoms with van der Waals surface area (Å²) in [5.74, 6) is 0.798. The number of rotatable bonds is 12. The first-order chi connectivity index (χ1) is 16.7. The van der Waals surface area contributed by atoms with E-state index in [1.807, 2.05) is 26.0 Å². The van der Waals surface area contributed by atoms with Crippen molar-refractivity contribution in [2.75, 3.05) is 26.4 Å². The second kappa shape index (κ2) is 11.5. The molecule has 0 radical (unpaired) electrons. The third-order valence-electron chi connectivity index (χ3n) is 6.78. The first-order valence-electron chi connectivity index (χ1n) is 12.1. The molecule has 1 aliphatic rings. The summed E-state index contributed by atoms with van der Waals surface area (Å²) in [5.41, 5.74) is 4.13. The minimum absolute atomic E-state index is 0.0423. The standard InChI is InChI=1S/C28H35NO6/c1-5-28(6-2,22-8-10-25(20(4)16-22)35-18-23(31)17-30)21-7-9-24(19(3)15-21)34-14-13-29-26(32)11-12-27(29)33/h7-12,15-16,23,30-31H,5-6,13-14,17-18H2,1-4H3. The lowest BCUT2D eigenvalue weighted by atomic mass is 9.70. The van der Waals surface area contributed by atoms with Gasteiger partial charge in [0, 0.05) is 17.6 Å². The zero-order valence-electron chi connectivity index (χ0n) is 20.9. The SMILES string of the molecule is CCC(CC)(c1ccc(OCCN2C(=O)C=CC2=O)c(C)c1)c1ccc(OCC(O)CO)c(C)c1. The Bertz CT molecular complexity index is 1070. The van der Waals surface area contributed by atoms with Crippen LogP contribution in [0.25, 0.3) is 0 Å². The van der Waals surface area contributed by atoms with Gasteiger partial charge in [0.2, 0.25) is 0 Å². The average molecular weight is 482 g/mol. The highest BCUT2D eigenvalue weighted by Gasteiger charge is 2.31. The van der Waals surface area contributed by atoms with Gasteiger partial charge < -0.3 is 19.7 Å².